The summed E-state index contributed by atoms with van der Waals surface area (Å²) >= 11 is 0. The van der Waals surface area contributed by atoms with Gasteiger partial charge in [0.2, 0.25) is 0 Å². The number of aryl methyl sites for hydroxylation is 2. The Balaban J connectivity index is 2.48. The fraction of sp³-hybridized carbons (Fsp3) is 0.308. The minimum Gasteiger partial charge on any atom is -0.394 e. The molecule has 0 bridgehead atoms. The first kappa shape index (κ1) is 15.1. The van der Waals surface area contributed by atoms with E-state index in [4.69, 9.17) is 5.73 Å². The number of nitrogen functional groups attached to an aromatic ring is 1. The highest BCUT2D eigenvalue weighted by Gasteiger charge is 2.22. The van der Waals surface area contributed by atoms with E-state index in [-0.39, 0.29) is 17.6 Å². The third-order valence-electron chi connectivity index (χ3n) is 3.00. The second kappa shape index (κ2) is 5.63. The lowest BCUT2D eigenvalue weighted by molar-refractivity contribution is 0.459. The first-order chi connectivity index (χ1) is 9.86. The molecule has 0 saturated carbocycles. The van der Waals surface area contributed by atoms with Gasteiger partial charge < -0.3 is 11.1 Å². The molecule has 0 aliphatic rings. The molecule has 0 aliphatic heterocycles. The molecular formula is C13H14F4N4. The second-order valence-corrected chi connectivity index (χ2v) is 4.55. The highest BCUT2D eigenvalue weighted by molar-refractivity contribution is 5.72. The number of rotatable bonds is 4. The Hall–Kier alpha value is -2.25. The van der Waals surface area contributed by atoms with Gasteiger partial charge in [-0.1, -0.05) is 13.3 Å². The molecule has 0 radical (unpaired) electrons. The van der Waals surface area contributed by atoms with Crippen molar-refractivity contribution in [3.05, 3.63) is 35.0 Å². The van der Waals surface area contributed by atoms with Crippen molar-refractivity contribution >= 4 is 17.2 Å². The normalized spacial score (nSPS) is 11.0. The van der Waals surface area contributed by atoms with Crippen LogP contribution in [0.25, 0.3) is 0 Å². The van der Waals surface area contributed by atoms with Gasteiger partial charge in [-0.3, -0.25) is 4.68 Å². The van der Waals surface area contributed by atoms with Gasteiger partial charge in [0.05, 0.1) is 11.4 Å². The van der Waals surface area contributed by atoms with Crippen molar-refractivity contribution in [1.82, 2.24) is 9.78 Å². The number of benzene rings is 1. The van der Waals surface area contributed by atoms with Crippen LogP contribution in [0.3, 0.4) is 0 Å². The van der Waals surface area contributed by atoms with Crippen molar-refractivity contribution in [2.24, 2.45) is 7.05 Å². The summed E-state index contributed by atoms with van der Waals surface area (Å²) in [5.41, 5.74) is 5.62. The SMILES string of the molecule is CCCc1nn(C)c(Nc2c(F)c(F)cc(F)c2F)c1N. The lowest BCUT2D eigenvalue weighted by atomic mass is 10.2. The standard InChI is InChI=1S/C13H14F4N4/c1-3-4-8-11(18)13(21(2)20-8)19-12-9(16)6(14)5-7(15)10(12)17/h5,19H,3-4,18H2,1-2H3. The van der Waals surface area contributed by atoms with Crippen LogP contribution in [0, 0.1) is 23.3 Å². The van der Waals surface area contributed by atoms with E-state index >= 15 is 0 Å². The molecule has 2 aromatic rings. The van der Waals surface area contributed by atoms with Gasteiger partial charge in [0, 0.05) is 13.1 Å². The minimum absolute atomic E-state index is 0.0706. The highest BCUT2D eigenvalue weighted by Crippen LogP contribution is 2.31. The summed E-state index contributed by atoms with van der Waals surface area (Å²) in [6, 6.07) is 0.144. The summed E-state index contributed by atoms with van der Waals surface area (Å²) in [6.07, 6.45) is 1.35. The second-order valence-electron chi connectivity index (χ2n) is 4.55. The average Bonchev–Trinajstić information content (AvgIpc) is 2.69. The maximum atomic E-state index is 13.6. The molecule has 0 amide bonds. The van der Waals surface area contributed by atoms with Crippen LogP contribution in [0.5, 0.6) is 0 Å². The van der Waals surface area contributed by atoms with Crippen molar-refractivity contribution in [2.75, 3.05) is 11.1 Å². The van der Waals surface area contributed by atoms with Gasteiger partial charge in [0.1, 0.15) is 5.69 Å². The molecule has 3 N–H and O–H groups in total. The Bertz CT molecular complexity index is 655. The zero-order valence-electron chi connectivity index (χ0n) is 11.5. The quantitative estimate of drug-likeness (QED) is 0.673. The van der Waals surface area contributed by atoms with Crippen LogP contribution < -0.4 is 11.1 Å². The summed E-state index contributed by atoms with van der Waals surface area (Å²) in [7, 11) is 1.50. The predicted molar refractivity (Wildman–Crippen MR) is 71.2 cm³/mol. The molecule has 114 valence electrons. The Morgan fingerprint density at radius 2 is 1.76 bits per heavy atom. The van der Waals surface area contributed by atoms with E-state index in [1.165, 1.54) is 11.7 Å². The number of halogens is 4. The van der Waals surface area contributed by atoms with Gasteiger partial charge in [-0.05, 0) is 6.42 Å². The van der Waals surface area contributed by atoms with Crippen LogP contribution in [-0.2, 0) is 13.5 Å². The topological polar surface area (TPSA) is 55.9 Å². The van der Waals surface area contributed by atoms with Gasteiger partial charge >= 0.3 is 0 Å². The first-order valence-electron chi connectivity index (χ1n) is 6.28. The molecule has 0 unspecified atom stereocenters. The Kier molecular flexibility index (Phi) is 4.06. The van der Waals surface area contributed by atoms with E-state index in [0.717, 1.165) is 6.42 Å². The summed E-state index contributed by atoms with van der Waals surface area (Å²) in [4.78, 5) is 0. The summed E-state index contributed by atoms with van der Waals surface area (Å²) in [6.45, 7) is 1.92. The predicted octanol–water partition coefficient (Wildman–Crippen LogP) is 3.25. The van der Waals surface area contributed by atoms with Crippen LogP contribution in [0.2, 0.25) is 0 Å². The lowest BCUT2D eigenvalue weighted by Crippen LogP contribution is -2.07. The number of nitrogens with zero attached hydrogens (tertiary/aromatic N) is 2. The van der Waals surface area contributed by atoms with Crippen molar-refractivity contribution in [1.29, 1.82) is 0 Å². The molecule has 1 heterocycles. The molecule has 2 rings (SSSR count). The molecular weight excluding hydrogens is 288 g/mol. The molecule has 0 atom stereocenters. The van der Waals surface area contributed by atoms with Crippen LogP contribution >= 0.6 is 0 Å². The zero-order chi connectivity index (χ0) is 15.7. The molecule has 21 heavy (non-hydrogen) atoms. The maximum absolute atomic E-state index is 13.6. The molecule has 0 fully saturated rings. The third kappa shape index (κ3) is 2.65. The van der Waals surface area contributed by atoms with E-state index in [1.807, 2.05) is 6.92 Å². The summed E-state index contributed by atoms with van der Waals surface area (Å²) in [5, 5.41) is 6.38. The van der Waals surface area contributed by atoms with Gasteiger partial charge in [-0.15, -0.1) is 0 Å². The van der Waals surface area contributed by atoms with Gasteiger partial charge in [-0.25, -0.2) is 17.6 Å². The number of nitrogens with one attached hydrogen (secondary N) is 1. The van der Waals surface area contributed by atoms with E-state index in [1.54, 1.807) is 0 Å². The Morgan fingerprint density at radius 3 is 2.29 bits per heavy atom. The molecule has 4 nitrogen and oxygen atoms in total. The Labute approximate surface area is 118 Å². The molecule has 0 spiro atoms. The molecule has 0 aliphatic carbocycles. The van der Waals surface area contributed by atoms with Crippen LogP contribution in [0.15, 0.2) is 6.07 Å². The van der Waals surface area contributed by atoms with Crippen LogP contribution in [-0.4, -0.2) is 9.78 Å². The van der Waals surface area contributed by atoms with Gasteiger partial charge in [0.25, 0.3) is 0 Å². The van der Waals surface area contributed by atoms with Crippen molar-refractivity contribution in [2.45, 2.75) is 19.8 Å². The maximum Gasteiger partial charge on any atom is 0.185 e. The number of nitrogens with two attached hydrogens (primary N) is 1. The van der Waals surface area contributed by atoms with E-state index in [2.05, 4.69) is 10.4 Å². The van der Waals surface area contributed by atoms with Gasteiger partial charge in [-0.2, -0.15) is 5.10 Å². The number of hydrogen-bond acceptors (Lipinski definition) is 3. The van der Waals surface area contributed by atoms with E-state index in [9.17, 15) is 17.6 Å². The fourth-order valence-corrected chi connectivity index (χ4v) is 1.97. The zero-order valence-corrected chi connectivity index (χ0v) is 11.5. The van der Waals surface area contributed by atoms with Crippen molar-refractivity contribution in [3.8, 4) is 0 Å². The van der Waals surface area contributed by atoms with Crippen LogP contribution in [0.4, 0.5) is 34.8 Å². The first-order valence-corrected chi connectivity index (χ1v) is 6.28. The largest absolute Gasteiger partial charge is 0.394 e. The van der Waals surface area contributed by atoms with Crippen LogP contribution in [0.1, 0.15) is 19.0 Å². The number of anilines is 3. The molecule has 1 aromatic carbocycles. The molecule has 1 aromatic heterocycles. The third-order valence-corrected chi connectivity index (χ3v) is 3.00. The fourth-order valence-electron chi connectivity index (χ4n) is 1.97. The molecule has 8 heteroatoms. The number of aromatic nitrogens is 2. The van der Waals surface area contributed by atoms with E-state index in [0.29, 0.717) is 12.1 Å². The van der Waals surface area contributed by atoms with E-state index < -0.39 is 29.0 Å². The highest BCUT2D eigenvalue weighted by atomic mass is 19.2. The monoisotopic (exact) mass is 302 g/mol. The van der Waals surface area contributed by atoms with Crippen molar-refractivity contribution < 1.29 is 17.6 Å². The lowest BCUT2D eigenvalue weighted by Gasteiger charge is -2.10. The number of hydrogen-bond donors (Lipinski definition) is 2. The molecule has 0 saturated heterocycles. The van der Waals surface area contributed by atoms with Gasteiger partial charge in [0.15, 0.2) is 29.1 Å². The minimum atomic E-state index is -1.52. The average molecular weight is 302 g/mol. The Morgan fingerprint density at radius 1 is 1.19 bits per heavy atom. The summed E-state index contributed by atoms with van der Waals surface area (Å²) in [5.74, 6) is -5.96. The van der Waals surface area contributed by atoms with Crippen molar-refractivity contribution in [3.63, 3.8) is 0 Å². The summed E-state index contributed by atoms with van der Waals surface area (Å²) < 4.78 is 54.9. The smallest absolute Gasteiger partial charge is 0.185 e.